The van der Waals surface area contributed by atoms with Crippen molar-refractivity contribution in [1.82, 2.24) is 40.3 Å². The van der Waals surface area contributed by atoms with E-state index in [1.165, 1.54) is 25.1 Å². The molecule has 0 radical (unpaired) electrons. The van der Waals surface area contributed by atoms with Crippen molar-refractivity contribution in [2.24, 2.45) is 5.92 Å². The Morgan fingerprint density at radius 1 is 0.907 bits per heavy atom. The number of piperazine rings is 1. The molecule has 9 rings (SSSR count). The Hall–Kier alpha value is -6.70. The van der Waals surface area contributed by atoms with Crippen LogP contribution in [0.25, 0.3) is 44.1 Å². The number of aromatic hydroxyl groups is 1. The van der Waals surface area contributed by atoms with Gasteiger partial charge in [-0.1, -0.05) is 61.2 Å². The highest BCUT2D eigenvalue weighted by atomic mass is 35.5. The molecule has 2 aliphatic heterocycles. The number of amides is 4. The zero-order valence-electron chi connectivity index (χ0n) is 42.6. The number of aromatic nitrogens is 3. The van der Waals surface area contributed by atoms with Crippen molar-refractivity contribution in [3.8, 4) is 33.9 Å². The number of likely N-dealkylation sites (tertiary alicyclic amines) is 1. The van der Waals surface area contributed by atoms with Gasteiger partial charge in [0.05, 0.1) is 34.9 Å². The average Bonchev–Trinajstić information content (AvgIpc) is 4.12. The van der Waals surface area contributed by atoms with Gasteiger partial charge < -0.3 is 45.4 Å². The number of anilines is 2. The van der Waals surface area contributed by atoms with Crippen LogP contribution < -0.4 is 25.6 Å². The highest BCUT2D eigenvalue weighted by Crippen LogP contribution is 2.44. The third kappa shape index (κ3) is 11.5. The number of hydrogen-bond acceptors (Lipinski definition) is 13. The van der Waals surface area contributed by atoms with Gasteiger partial charge in [-0.3, -0.25) is 19.2 Å². The minimum Gasteiger partial charge on any atom is -0.507 e. The summed E-state index contributed by atoms with van der Waals surface area (Å²) in [6.45, 7) is 6.11. The number of phenols is 1. The Labute approximate surface area is 443 Å². The standard InChI is InChI=1S/C55H63ClF2N10O6S/c1-32(59-3)52(72)62-49(34-12-6-5-7-13-34)54(73)68-23-11-17-42(68)53-61-41(31-75-53)36-19-20-44(37-15-9-8-14-35(36)37)74-29-28-65(4)45(71)21-22-60-55-63-50-38(51(64-55)67-26-24-66(25-27-67)33(2)69)30-39(56)46(48(50)58)47-40(57)16-10-18-43(47)70/h8-10,14-16,18-20,30-32,34,42,49,59,70H,5-7,11-13,17,21-29H2,1-4H3,(H,62,72)(H,60,63,64)/t32-,42-,49-/m0/s1. The molecule has 0 unspecified atom stereocenters. The van der Waals surface area contributed by atoms with Crippen LogP contribution in [0.4, 0.5) is 20.5 Å². The second-order valence-electron chi connectivity index (χ2n) is 19.6. The van der Waals surface area contributed by atoms with Crippen LogP contribution in [0.1, 0.15) is 76.3 Å². The number of rotatable bonds is 17. The fourth-order valence-electron chi connectivity index (χ4n) is 10.5. The molecular formula is C55H63ClF2N10O6S. The Morgan fingerprint density at radius 3 is 2.40 bits per heavy atom. The van der Waals surface area contributed by atoms with Gasteiger partial charge in [-0.2, -0.15) is 4.98 Å². The highest BCUT2D eigenvalue weighted by Gasteiger charge is 2.40. The molecular weight excluding hydrogens is 1000 g/mol. The van der Waals surface area contributed by atoms with Crippen LogP contribution in [0, 0.1) is 17.6 Å². The summed E-state index contributed by atoms with van der Waals surface area (Å²) in [5.41, 5.74) is 0.819. The van der Waals surface area contributed by atoms with E-state index in [-0.39, 0.29) is 89.1 Å². The molecule has 20 heteroatoms. The number of fused-ring (bicyclic) bond motifs is 2. The number of thiazole rings is 1. The lowest BCUT2D eigenvalue weighted by Gasteiger charge is -2.35. The predicted molar refractivity (Wildman–Crippen MR) is 288 cm³/mol. The number of ether oxygens (including phenoxy) is 1. The first-order chi connectivity index (χ1) is 36.2. The van der Waals surface area contributed by atoms with Crippen molar-refractivity contribution in [1.29, 1.82) is 0 Å². The lowest BCUT2D eigenvalue weighted by Crippen LogP contribution is -2.55. The first kappa shape index (κ1) is 53.1. The largest absolute Gasteiger partial charge is 0.507 e. The molecule has 4 heterocycles. The molecule has 3 fully saturated rings. The Kier molecular flexibility index (Phi) is 16.6. The van der Waals surface area contributed by atoms with Crippen LogP contribution in [0.2, 0.25) is 5.02 Å². The van der Waals surface area contributed by atoms with E-state index in [1.807, 2.05) is 51.6 Å². The third-order valence-electron chi connectivity index (χ3n) is 14.9. The van der Waals surface area contributed by atoms with Gasteiger partial charge in [0.15, 0.2) is 5.82 Å². The van der Waals surface area contributed by atoms with E-state index in [0.717, 1.165) is 78.0 Å². The summed E-state index contributed by atoms with van der Waals surface area (Å²) in [6, 6.07) is 15.8. The van der Waals surface area contributed by atoms with Crippen LogP contribution in [0.15, 0.2) is 66.0 Å². The minimum atomic E-state index is -0.953. The number of benzene rings is 4. The van der Waals surface area contributed by atoms with Crippen molar-refractivity contribution in [3.63, 3.8) is 0 Å². The summed E-state index contributed by atoms with van der Waals surface area (Å²) < 4.78 is 38.0. The van der Waals surface area contributed by atoms with Crippen molar-refractivity contribution in [2.75, 3.05) is 76.7 Å². The molecule has 396 valence electrons. The van der Waals surface area contributed by atoms with Gasteiger partial charge in [-0.15, -0.1) is 11.3 Å². The van der Waals surface area contributed by atoms with Crippen LogP contribution in [0.3, 0.4) is 0 Å². The van der Waals surface area contributed by atoms with Gasteiger partial charge in [0.25, 0.3) is 0 Å². The molecule has 4 N–H and O–H groups in total. The number of nitrogens with one attached hydrogen (secondary N) is 3. The molecule has 2 saturated heterocycles. The molecule has 4 aromatic carbocycles. The monoisotopic (exact) mass is 1060 g/mol. The molecule has 75 heavy (non-hydrogen) atoms. The van der Waals surface area contributed by atoms with E-state index in [9.17, 15) is 24.3 Å². The van der Waals surface area contributed by atoms with E-state index in [4.69, 9.17) is 26.3 Å². The number of likely N-dealkylation sites (N-methyl/N-ethyl adjacent to an activating group) is 2. The number of halogens is 3. The smallest absolute Gasteiger partial charge is 0.246 e. The van der Waals surface area contributed by atoms with Gasteiger partial charge >= 0.3 is 0 Å². The molecule has 6 aromatic rings. The van der Waals surface area contributed by atoms with Gasteiger partial charge in [0, 0.05) is 86.9 Å². The fourth-order valence-corrected chi connectivity index (χ4v) is 11.8. The van der Waals surface area contributed by atoms with E-state index >= 15 is 8.78 Å². The van der Waals surface area contributed by atoms with Crippen LogP contribution in [-0.2, 0) is 19.2 Å². The molecule has 3 aliphatic rings. The summed E-state index contributed by atoms with van der Waals surface area (Å²) in [6.07, 6.45) is 6.78. The first-order valence-corrected chi connectivity index (χ1v) is 27.0. The number of phenolic OH excluding ortho intramolecular Hbond substituents is 1. The Bertz CT molecular complexity index is 3070. The number of hydrogen-bond donors (Lipinski definition) is 4. The third-order valence-corrected chi connectivity index (χ3v) is 16.1. The molecule has 16 nitrogen and oxygen atoms in total. The normalized spacial score (nSPS) is 17.1. The minimum absolute atomic E-state index is 0.0234. The molecule has 0 spiro atoms. The summed E-state index contributed by atoms with van der Waals surface area (Å²) in [7, 11) is 3.43. The molecule has 4 amide bonds. The predicted octanol–water partition coefficient (Wildman–Crippen LogP) is 8.56. The van der Waals surface area contributed by atoms with Gasteiger partial charge in [0.2, 0.25) is 29.6 Å². The zero-order valence-corrected chi connectivity index (χ0v) is 44.2. The molecule has 2 aromatic heterocycles. The Balaban J connectivity index is 0.848. The van der Waals surface area contributed by atoms with Crippen molar-refractivity contribution in [2.45, 2.75) is 83.3 Å². The fraction of sp³-hybridized carbons (Fsp3) is 0.436. The van der Waals surface area contributed by atoms with E-state index in [0.29, 0.717) is 44.3 Å². The van der Waals surface area contributed by atoms with E-state index < -0.39 is 35.0 Å². The van der Waals surface area contributed by atoms with Crippen LogP contribution in [0.5, 0.6) is 11.5 Å². The first-order valence-electron chi connectivity index (χ1n) is 25.8. The zero-order chi connectivity index (χ0) is 52.9. The maximum Gasteiger partial charge on any atom is 0.246 e. The van der Waals surface area contributed by atoms with Crippen molar-refractivity contribution >= 4 is 80.0 Å². The Morgan fingerprint density at radius 2 is 1.67 bits per heavy atom. The van der Waals surface area contributed by atoms with Gasteiger partial charge in [-0.25, -0.2) is 18.7 Å². The number of nitrogens with zero attached hydrogens (tertiary/aromatic N) is 7. The van der Waals surface area contributed by atoms with Crippen molar-refractivity contribution < 1.29 is 37.8 Å². The van der Waals surface area contributed by atoms with Crippen LogP contribution in [-0.4, -0.2) is 137 Å². The molecule has 1 aliphatic carbocycles. The summed E-state index contributed by atoms with van der Waals surface area (Å²) in [5, 5.41) is 24.6. The summed E-state index contributed by atoms with van der Waals surface area (Å²) >= 11 is 8.16. The molecule has 3 atom stereocenters. The van der Waals surface area contributed by atoms with Gasteiger partial charge in [0.1, 0.15) is 46.3 Å². The summed E-state index contributed by atoms with van der Waals surface area (Å²) in [5.74, 6) is -1.64. The lowest BCUT2D eigenvalue weighted by molar-refractivity contribution is -0.139. The van der Waals surface area contributed by atoms with Crippen LogP contribution >= 0.6 is 22.9 Å². The molecule has 0 bridgehead atoms. The lowest BCUT2D eigenvalue weighted by atomic mass is 9.83. The number of carbonyl (C=O) groups is 4. The maximum atomic E-state index is 16.6. The summed E-state index contributed by atoms with van der Waals surface area (Å²) in [4.78, 5) is 74.5. The quantitative estimate of drug-likeness (QED) is 0.0684. The average molecular weight is 1070 g/mol. The number of carbonyl (C=O) groups excluding carboxylic acids is 4. The topological polar surface area (TPSA) is 185 Å². The molecule has 1 saturated carbocycles. The van der Waals surface area contributed by atoms with Crippen molar-refractivity contribution in [3.05, 3.63) is 87.7 Å². The highest BCUT2D eigenvalue weighted by molar-refractivity contribution is 7.10. The van der Waals surface area contributed by atoms with Gasteiger partial charge in [-0.05, 0) is 81.3 Å². The SMILES string of the molecule is CN[C@@H](C)C(=O)N[C@H](C(=O)N1CCC[C@H]1c1nc(-c2ccc(OCCN(C)C(=O)CCNc3nc(N4CCN(C(C)=O)CC4)c4cc(Cl)c(-c5c(O)cccc5F)c(F)c4n3)c3ccccc23)cs1)C1CCCCC1. The maximum absolute atomic E-state index is 16.6. The van der Waals surface area contributed by atoms with E-state index in [1.54, 1.807) is 42.2 Å². The second kappa shape index (κ2) is 23.5. The van der Waals surface area contributed by atoms with E-state index in [2.05, 4.69) is 20.9 Å². The second-order valence-corrected chi connectivity index (χ2v) is 20.9.